The topological polar surface area (TPSA) is 122 Å². The highest BCUT2D eigenvalue weighted by Gasteiger charge is 2.46. The molecule has 1 aliphatic carbocycles. The van der Waals surface area contributed by atoms with Gasteiger partial charge in [-0.15, -0.1) is 16.8 Å². The van der Waals surface area contributed by atoms with E-state index in [1.807, 2.05) is 26.0 Å². The van der Waals surface area contributed by atoms with Crippen LogP contribution >= 0.6 is 12.4 Å². The lowest BCUT2D eigenvalue weighted by molar-refractivity contribution is -0.120. The number of carbonyl (C=O) groups excluding carboxylic acids is 1. The molecule has 1 atom stereocenters. The number of halogens is 1. The molecule has 0 bridgehead atoms. The minimum Gasteiger partial charge on any atom is -0.506 e. The summed E-state index contributed by atoms with van der Waals surface area (Å²) in [4.78, 5) is 13.5. The predicted octanol–water partition coefficient (Wildman–Crippen LogP) is 3.81. The second-order valence-corrected chi connectivity index (χ2v) is 9.05. The second-order valence-electron chi connectivity index (χ2n) is 7.48. The lowest BCUT2D eigenvalue weighted by Crippen LogP contribution is -2.42. The summed E-state index contributed by atoms with van der Waals surface area (Å²) >= 11 is 0. The van der Waals surface area contributed by atoms with Crippen molar-refractivity contribution in [1.82, 2.24) is 0 Å². The van der Waals surface area contributed by atoms with Crippen LogP contribution in [-0.4, -0.2) is 25.1 Å². The predicted molar refractivity (Wildman–Crippen MR) is 120 cm³/mol. The number of fused-ring (bicyclic) bond motifs is 2. The van der Waals surface area contributed by atoms with E-state index < -0.39 is 15.4 Å². The zero-order chi connectivity index (χ0) is 21.0. The Labute approximate surface area is 181 Å². The molecule has 2 aliphatic rings. The van der Waals surface area contributed by atoms with Crippen molar-refractivity contribution in [2.24, 2.45) is 4.40 Å². The number of sulfonamides is 1. The van der Waals surface area contributed by atoms with Gasteiger partial charge in [0, 0.05) is 11.3 Å². The van der Waals surface area contributed by atoms with Crippen molar-refractivity contribution in [2.75, 3.05) is 11.1 Å². The number of hydrogen-bond donors (Lipinski definition) is 3. The summed E-state index contributed by atoms with van der Waals surface area (Å²) < 4.78 is 29.3. The Balaban J connectivity index is 0.00000256. The molecule has 1 heterocycles. The highest BCUT2D eigenvalue weighted by Crippen LogP contribution is 2.43. The molecule has 0 saturated heterocycles. The van der Waals surface area contributed by atoms with Crippen LogP contribution in [0.5, 0.6) is 0 Å². The first-order chi connectivity index (χ1) is 13.7. The number of nitrogens with two attached hydrogens (primary N) is 1. The molecule has 0 fully saturated rings. The maximum atomic E-state index is 13.5. The molecule has 1 unspecified atom stereocenters. The molecule has 0 amide bonds. The van der Waals surface area contributed by atoms with E-state index in [1.165, 1.54) is 12.1 Å². The van der Waals surface area contributed by atoms with E-state index in [2.05, 4.69) is 9.71 Å². The van der Waals surface area contributed by atoms with E-state index in [0.29, 0.717) is 12.0 Å². The summed E-state index contributed by atoms with van der Waals surface area (Å²) in [5.74, 6) is -0.822. The minimum absolute atomic E-state index is 0. The van der Waals surface area contributed by atoms with Crippen LogP contribution in [0.3, 0.4) is 0 Å². The Morgan fingerprint density at radius 1 is 1.20 bits per heavy atom. The lowest BCUT2D eigenvalue weighted by atomic mass is 9.67. The number of benzene rings is 2. The molecule has 4 N–H and O–H groups in total. The first-order valence-corrected chi connectivity index (χ1v) is 10.7. The van der Waals surface area contributed by atoms with Crippen molar-refractivity contribution < 1.29 is 18.3 Å². The van der Waals surface area contributed by atoms with Gasteiger partial charge in [0.05, 0.1) is 11.1 Å². The Morgan fingerprint density at radius 3 is 2.60 bits per heavy atom. The number of rotatable bonds is 3. The lowest BCUT2D eigenvalue weighted by Gasteiger charge is -2.36. The molecule has 9 heteroatoms. The minimum atomic E-state index is -4.09. The summed E-state index contributed by atoms with van der Waals surface area (Å²) in [5, 5.41) is 13.8. The van der Waals surface area contributed by atoms with Crippen LogP contribution in [0.1, 0.15) is 37.8 Å². The average molecular weight is 448 g/mol. The number of Topliss-reactive ketones (excluding diaryl/α,β-unsaturated/α-hetero) is 1. The standard InChI is InChI=1S/C21H21N3O4S.ClH/c1-3-10-21(2)14-7-5-4-6-13(14)18(25)17(19(21)26)20-23-15-9-8-12(22)11-16(15)29(27,28)24-20;/h4-9,11,25H,3,10,22H2,1-2H3,(H,23,24);1H. The van der Waals surface area contributed by atoms with Crippen molar-refractivity contribution in [2.45, 2.75) is 37.0 Å². The van der Waals surface area contributed by atoms with E-state index in [1.54, 1.807) is 18.2 Å². The molecule has 0 aromatic heterocycles. The number of nitrogen functional groups attached to an aromatic ring is 1. The molecular formula is C21H22ClN3O4S. The Hall–Kier alpha value is -2.84. The monoisotopic (exact) mass is 447 g/mol. The fourth-order valence-corrected chi connectivity index (χ4v) is 5.22. The largest absolute Gasteiger partial charge is 0.506 e. The van der Waals surface area contributed by atoms with E-state index in [-0.39, 0.29) is 51.6 Å². The third-order valence-corrected chi connectivity index (χ3v) is 6.79. The van der Waals surface area contributed by atoms with Gasteiger partial charge >= 0.3 is 0 Å². The van der Waals surface area contributed by atoms with Gasteiger partial charge in [0.15, 0.2) is 11.6 Å². The number of ketones is 1. The van der Waals surface area contributed by atoms with Crippen molar-refractivity contribution in [1.29, 1.82) is 0 Å². The van der Waals surface area contributed by atoms with E-state index in [0.717, 1.165) is 12.0 Å². The number of hydrogen-bond acceptors (Lipinski definition) is 6. The molecule has 7 nitrogen and oxygen atoms in total. The van der Waals surface area contributed by atoms with Gasteiger partial charge in [-0.3, -0.25) is 4.79 Å². The zero-order valence-corrected chi connectivity index (χ0v) is 18.1. The summed E-state index contributed by atoms with van der Waals surface area (Å²) in [5.41, 5.74) is 6.45. The smallest absolute Gasteiger partial charge is 0.286 e. The van der Waals surface area contributed by atoms with E-state index >= 15 is 0 Å². The van der Waals surface area contributed by atoms with Gasteiger partial charge < -0.3 is 16.2 Å². The van der Waals surface area contributed by atoms with Gasteiger partial charge in [-0.1, -0.05) is 37.6 Å². The third kappa shape index (κ3) is 3.16. The number of aliphatic hydroxyl groups is 1. The van der Waals surface area contributed by atoms with Gasteiger partial charge in [0.1, 0.15) is 16.2 Å². The van der Waals surface area contributed by atoms with Gasteiger partial charge in [-0.2, -0.15) is 8.42 Å². The summed E-state index contributed by atoms with van der Waals surface area (Å²) in [6, 6.07) is 11.5. The highest BCUT2D eigenvalue weighted by molar-refractivity contribution is 7.90. The molecule has 158 valence electrons. The fourth-order valence-electron chi connectivity index (χ4n) is 4.06. The highest BCUT2D eigenvalue weighted by atomic mass is 35.5. The molecule has 1 aliphatic heterocycles. The summed E-state index contributed by atoms with van der Waals surface area (Å²) in [6.45, 7) is 3.79. The summed E-state index contributed by atoms with van der Waals surface area (Å²) in [6.07, 6.45) is 1.29. The fraction of sp³-hybridized carbons (Fsp3) is 0.238. The third-order valence-electron chi connectivity index (χ3n) is 5.48. The number of anilines is 2. The normalized spacial score (nSPS) is 21.7. The van der Waals surface area contributed by atoms with Gasteiger partial charge in [0.2, 0.25) is 0 Å². The maximum absolute atomic E-state index is 13.5. The van der Waals surface area contributed by atoms with Crippen LogP contribution in [0.2, 0.25) is 0 Å². The number of aliphatic hydroxyl groups excluding tert-OH is 1. The summed E-state index contributed by atoms with van der Waals surface area (Å²) in [7, 11) is -4.09. The first-order valence-electron chi connectivity index (χ1n) is 9.29. The first kappa shape index (κ1) is 21.9. The van der Waals surface area contributed by atoms with Crippen LogP contribution in [0, 0.1) is 0 Å². The van der Waals surface area contributed by atoms with Crippen LogP contribution in [0.15, 0.2) is 57.3 Å². The maximum Gasteiger partial charge on any atom is 0.286 e. The van der Waals surface area contributed by atoms with Crippen LogP contribution < -0.4 is 11.1 Å². The quantitative estimate of drug-likeness (QED) is 0.615. The van der Waals surface area contributed by atoms with Crippen molar-refractivity contribution >= 4 is 51.2 Å². The van der Waals surface area contributed by atoms with E-state index in [9.17, 15) is 18.3 Å². The number of carbonyl (C=O) groups is 1. The van der Waals surface area contributed by atoms with Crippen LogP contribution in [-0.2, 0) is 20.2 Å². The Kier molecular flexibility index (Phi) is 5.43. The Bertz CT molecular complexity index is 1220. The second kappa shape index (κ2) is 7.45. The molecule has 2 aromatic rings. The molecule has 0 spiro atoms. The van der Waals surface area contributed by atoms with Gasteiger partial charge in [-0.25, -0.2) is 0 Å². The van der Waals surface area contributed by atoms with E-state index in [4.69, 9.17) is 5.73 Å². The van der Waals surface area contributed by atoms with Gasteiger partial charge in [0.25, 0.3) is 10.0 Å². The van der Waals surface area contributed by atoms with Gasteiger partial charge in [-0.05, 0) is 37.1 Å². The number of amidine groups is 1. The van der Waals surface area contributed by atoms with Crippen LogP contribution in [0.25, 0.3) is 5.76 Å². The Morgan fingerprint density at radius 2 is 1.90 bits per heavy atom. The SMILES string of the molecule is CCCC1(C)C(=O)C(C2=NS(=O)(=O)c3cc(N)ccc3N2)=C(O)c2ccccc21.Cl. The molecule has 0 saturated carbocycles. The van der Waals surface area contributed by atoms with Crippen LogP contribution in [0.4, 0.5) is 11.4 Å². The molecule has 2 aromatic carbocycles. The molecular weight excluding hydrogens is 426 g/mol. The van der Waals surface area contributed by atoms with Crippen molar-refractivity contribution in [3.8, 4) is 0 Å². The number of nitrogens with one attached hydrogen (secondary N) is 1. The molecule has 0 radical (unpaired) electrons. The zero-order valence-electron chi connectivity index (χ0n) is 16.5. The number of nitrogens with zero attached hydrogens (tertiary/aromatic N) is 1. The van der Waals surface area contributed by atoms with Crippen molar-refractivity contribution in [3.63, 3.8) is 0 Å². The average Bonchev–Trinajstić information content (AvgIpc) is 2.67. The molecule has 4 rings (SSSR count). The molecule has 30 heavy (non-hydrogen) atoms. The van der Waals surface area contributed by atoms with Crippen molar-refractivity contribution in [3.05, 3.63) is 59.2 Å².